The predicted octanol–water partition coefficient (Wildman–Crippen LogP) is 3.29. The first-order valence-corrected chi connectivity index (χ1v) is 8.33. The zero-order valence-electron chi connectivity index (χ0n) is 15.4. The molecule has 0 saturated carbocycles. The van der Waals surface area contributed by atoms with Gasteiger partial charge in [0.05, 0.1) is 36.2 Å². The van der Waals surface area contributed by atoms with Gasteiger partial charge in [-0.25, -0.2) is 0 Å². The van der Waals surface area contributed by atoms with Gasteiger partial charge < -0.3 is 20.8 Å². The summed E-state index contributed by atoms with van der Waals surface area (Å²) >= 11 is 0. The molecule has 0 radical (unpaired) electrons. The van der Waals surface area contributed by atoms with Gasteiger partial charge in [-0.1, -0.05) is 0 Å². The molecular formula is C20H18N6O2. The number of hydrogen-bond donors (Lipinski definition) is 3. The van der Waals surface area contributed by atoms with Crippen molar-refractivity contribution in [3.8, 4) is 11.8 Å². The molecule has 140 valence electrons. The van der Waals surface area contributed by atoms with Gasteiger partial charge in [-0.15, -0.1) is 0 Å². The Morgan fingerprint density at radius 2 is 2.11 bits per heavy atom. The maximum Gasteiger partial charge on any atom is 0.259 e. The lowest BCUT2D eigenvalue weighted by Gasteiger charge is -2.13. The standard InChI is InChI=1S/C20H18N6O2/c1-26-12-16(11-23-26)24-18-8-15(5-4-14(18)10-22)25-20(27)17-6-3-13(9-21)7-19(17)28-2/h3-8,10-12,22,24H,1-2H3,(H,25,27). The van der Waals surface area contributed by atoms with Crippen LogP contribution < -0.4 is 15.4 Å². The fourth-order valence-electron chi connectivity index (χ4n) is 2.66. The molecule has 0 atom stereocenters. The number of hydrogen-bond acceptors (Lipinski definition) is 6. The van der Waals surface area contributed by atoms with E-state index in [0.29, 0.717) is 33.8 Å². The largest absolute Gasteiger partial charge is 0.496 e. The van der Waals surface area contributed by atoms with Gasteiger partial charge in [0.25, 0.3) is 5.91 Å². The SMILES string of the molecule is COc1cc(C#N)ccc1C(=O)Nc1ccc(C=N)c(Nc2cnn(C)c2)c1. The van der Waals surface area contributed by atoms with Crippen LogP contribution in [0.5, 0.6) is 5.75 Å². The summed E-state index contributed by atoms with van der Waals surface area (Å²) in [6.45, 7) is 0. The van der Waals surface area contributed by atoms with Crippen LogP contribution in [-0.4, -0.2) is 29.0 Å². The van der Waals surface area contributed by atoms with Gasteiger partial charge in [0.15, 0.2) is 0 Å². The maximum atomic E-state index is 12.7. The number of anilines is 3. The van der Waals surface area contributed by atoms with E-state index < -0.39 is 0 Å². The van der Waals surface area contributed by atoms with Crippen LogP contribution in [0.2, 0.25) is 0 Å². The summed E-state index contributed by atoms with van der Waals surface area (Å²) in [4.78, 5) is 12.7. The van der Waals surface area contributed by atoms with Crippen LogP contribution in [0.25, 0.3) is 0 Å². The molecule has 0 aliphatic rings. The average molecular weight is 374 g/mol. The number of ether oxygens (including phenoxy) is 1. The van der Waals surface area contributed by atoms with E-state index in [1.807, 2.05) is 13.1 Å². The maximum absolute atomic E-state index is 12.7. The molecule has 3 N–H and O–H groups in total. The van der Waals surface area contributed by atoms with Crippen LogP contribution in [0, 0.1) is 16.7 Å². The molecule has 1 heterocycles. The Morgan fingerprint density at radius 1 is 1.29 bits per heavy atom. The highest BCUT2D eigenvalue weighted by atomic mass is 16.5. The predicted molar refractivity (Wildman–Crippen MR) is 106 cm³/mol. The number of carbonyl (C=O) groups is 1. The fourth-order valence-corrected chi connectivity index (χ4v) is 2.66. The first-order valence-electron chi connectivity index (χ1n) is 8.33. The number of amides is 1. The van der Waals surface area contributed by atoms with E-state index in [9.17, 15) is 4.79 Å². The zero-order chi connectivity index (χ0) is 20.1. The van der Waals surface area contributed by atoms with Crippen molar-refractivity contribution in [2.45, 2.75) is 0 Å². The van der Waals surface area contributed by atoms with Crippen LogP contribution in [0.4, 0.5) is 17.1 Å². The number of methoxy groups -OCH3 is 1. The second kappa shape index (κ2) is 8.05. The molecule has 1 aromatic heterocycles. The van der Waals surface area contributed by atoms with Crippen LogP contribution in [0.15, 0.2) is 48.8 Å². The Balaban J connectivity index is 1.86. The number of benzene rings is 2. The molecule has 0 aliphatic heterocycles. The van der Waals surface area contributed by atoms with Crippen molar-refractivity contribution in [3.63, 3.8) is 0 Å². The Bertz CT molecular complexity index is 1080. The van der Waals surface area contributed by atoms with E-state index in [2.05, 4.69) is 15.7 Å². The number of rotatable bonds is 6. The van der Waals surface area contributed by atoms with Gasteiger partial charge in [-0.2, -0.15) is 10.4 Å². The van der Waals surface area contributed by atoms with Gasteiger partial charge in [-0.3, -0.25) is 9.48 Å². The molecule has 0 unspecified atom stereocenters. The Morgan fingerprint density at radius 3 is 2.75 bits per heavy atom. The van der Waals surface area contributed by atoms with Crippen molar-refractivity contribution in [1.82, 2.24) is 9.78 Å². The summed E-state index contributed by atoms with van der Waals surface area (Å²) in [7, 11) is 3.26. The number of nitriles is 1. The summed E-state index contributed by atoms with van der Waals surface area (Å²) < 4.78 is 6.89. The number of nitrogens with one attached hydrogen (secondary N) is 3. The highest BCUT2D eigenvalue weighted by molar-refractivity contribution is 6.06. The minimum atomic E-state index is -0.365. The van der Waals surface area contributed by atoms with Crippen molar-refractivity contribution in [2.75, 3.05) is 17.7 Å². The average Bonchev–Trinajstić information content (AvgIpc) is 3.12. The summed E-state index contributed by atoms with van der Waals surface area (Å²) in [6, 6.07) is 11.8. The molecular weight excluding hydrogens is 356 g/mol. The van der Waals surface area contributed by atoms with Gasteiger partial charge in [0, 0.05) is 36.4 Å². The summed E-state index contributed by atoms with van der Waals surface area (Å²) in [5.41, 5.74) is 3.37. The first-order chi connectivity index (χ1) is 13.5. The molecule has 2 aromatic carbocycles. The van der Waals surface area contributed by atoms with Crippen molar-refractivity contribution < 1.29 is 9.53 Å². The molecule has 0 aliphatic carbocycles. The minimum Gasteiger partial charge on any atom is -0.496 e. The summed E-state index contributed by atoms with van der Waals surface area (Å²) in [5, 5.41) is 26.7. The molecule has 1 amide bonds. The number of aryl methyl sites for hydroxylation is 1. The van der Waals surface area contributed by atoms with Crippen molar-refractivity contribution in [3.05, 3.63) is 65.5 Å². The second-order valence-electron chi connectivity index (χ2n) is 5.96. The zero-order valence-corrected chi connectivity index (χ0v) is 15.4. The normalized spacial score (nSPS) is 10.0. The van der Waals surface area contributed by atoms with Crippen molar-refractivity contribution >= 4 is 29.2 Å². The molecule has 8 nitrogen and oxygen atoms in total. The lowest BCUT2D eigenvalue weighted by molar-refractivity contribution is 0.102. The van der Waals surface area contributed by atoms with Crippen LogP contribution in [0.3, 0.4) is 0 Å². The van der Waals surface area contributed by atoms with Gasteiger partial charge in [0.2, 0.25) is 0 Å². The smallest absolute Gasteiger partial charge is 0.259 e. The van der Waals surface area contributed by atoms with Crippen molar-refractivity contribution in [1.29, 1.82) is 10.7 Å². The lowest BCUT2D eigenvalue weighted by atomic mass is 10.1. The second-order valence-corrected chi connectivity index (χ2v) is 5.96. The topological polar surface area (TPSA) is 116 Å². The fraction of sp³-hybridized carbons (Fsp3) is 0.100. The van der Waals surface area contributed by atoms with E-state index in [4.69, 9.17) is 15.4 Å². The Hall–Kier alpha value is -4.12. The van der Waals surface area contributed by atoms with E-state index in [-0.39, 0.29) is 5.91 Å². The van der Waals surface area contributed by atoms with Gasteiger partial charge in [0.1, 0.15) is 5.75 Å². The monoisotopic (exact) mass is 374 g/mol. The van der Waals surface area contributed by atoms with Crippen LogP contribution >= 0.6 is 0 Å². The molecule has 8 heteroatoms. The molecule has 0 bridgehead atoms. The number of nitrogens with zero attached hydrogens (tertiary/aromatic N) is 3. The van der Waals surface area contributed by atoms with E-state index in [1.165, 1.54) is 19.4 Å². The summed E-state index contributed by atoms with van der Waals surface area (Å²) in [5.74, 6) is -0.0439. The number of carbonyl (C=O) groups excluding carboxylic acids is 1. The summed E-state index contributed by atoms with van der Waals surface area (Å²) in [6.07, 6.45) is 4.70. The van der Waals surface area contributed by atoms with E-state index in [0.717, 1.165) is 5.69 Å². The third-order valence-electron chi connectivity index (χ3n) is 4.03. The number of aromatic nitrogens is 2. The Labute approximate surface area is 161 Å². The highest BCUT2D eigenvalue weighted by Crippen LogP contribution is 2.25. The Kier molecular flexibility index (Phi) is 5.37. The molecule has 3 aromatic rings. The first kappa shape index (κ1) is 18.7. The molecule has 0 saturated heterocycles. The third-order valence-corrected chi connectivity index (χ3v) is 4.03. The van der Waals surface area contributed by atoms with Crippen molar-refractivity contribution in [2.24, 2.45) is 7.05 Å². The molecule has 0 spiro atoms. The van der Waals surface area contributed by atoms with Crippen LogP contribution in [-0.2, 0) is 7.05 Å². The van der Waals surface area contributed by atoms with Gasteiger partial charge in [-0.05, 0) is 36.4 Å². The minimum absolute atomic E-state index is 0.319. The lowest BCUT2D eigenvalue weighted by Crippen LogP contribution is -2.13. The molecule has 3 rings (SSSR count). The van der Waals surface area contributed by atoms with Crippen LogP contribution in [0.1, 0.15) is 21.5 Å². The quantitative estimate of drug-likeness (QED) is 0.573. The van der Waals surface area contributed by atoms with E-state index >= 15 is 0 Å². The third kappa shape index (κ3) is 3.99. The van der Waals surface area contributed by atoms with E-state index in [1.54, 1.807) is 47.4 Å². The van der Waals surface area contributed by atoms with Gasteiger partial charge >= 0.3 is 0 Å². The molecule has 28 heavy (non-hydrogen) atoms. The molecule has 0 fully saturated rings. The highest BCUT2D eigenvalue weighted by Gasteiger charge is 2.14.